The molecule has 1 fully saturated rings. The maximum atomic E-state index is 12.1. The Morgan fingerprint density at radius 3 is 2.39 bits per heavy atom. The third kappa shape index (κ3) is 4.61. The van der Waals surface area contributed by atoms with E-state index in [1.807, 2.05) is 17.0 Å². The van der Waals surface area contributed by atoms with Gasteiger partial charge in [0.25, 0.3) is 0 Å². The van der Waals surface area contributed by atoms with E-state index < -0.39 is 0 Å². The number of nitrogens with zero attached hydrogens (tertiary/aromatic N) is 2. The van der Waals surface area contributed by atoms with E-state index in [0.29, 0.717) is 12.3 Å². The van der Waals surface area contributed by atoms with Gasteiger partial charge in [-0.15, -0.1) is 0 Å². The molecule has 0 unspecified atom stereocenters. The van der Waals surface area contributed by atoms with Gasteiger partial charge in [-0.05, 0) is 12.0 Å². The summed E-state index contributed by atoms with van der Waals surface area (Å²) in [5, 5.41) is 0. The van der Waals surface area contributed by atoms with E-state index in [1.165, 1.54) is 0 Å². The van der Waals surface area contributed by atoms with Crippen LogP contribution in [0.1, 0.15) is 25.8 Å². The molecule has 0 saturated carbocycles. The van der Waals surface area contributed by atoms with Crippen molar-refractivity contribution >= 4 is 5.91 Å². The zero-order valence-electron chi connectivity index (χ0n) is 14.7. The fourth-order valence-electron chi connectivity index (χ4n) is 2.95. The highest BCUT2D eigenvalue weighted by molar-refractivity contribution is 5.76. The van der Waals surface area contributed by atoms with Crippen LogP contribution >= 0.6 is 0 Å². The van der Waals surface area contributed by atoms with Gasteiger partial charge in [-0.25, -0.2) is 0 Å². The standard InChI is InChI=1S/C18H28N2O3/c1-14(2)12-17(21)20-10-8-19(9-11-20)13-15-6-5-7-16(22-3)18(15)23-4/h5-7,14H,8-13H2,1-4H3. The Bertz CT molecular complexity index is 523. The second-order valence-electron chi connectivity index (χ2n) is 6.41. The molecule has 5 heteroatoms. The van der Waals surface area contributed by atoms with Crippen molar-refractivity contribution in [3.05, 3.63) is 23.8 Å². The first-order valence-corrected chi connectivity index (χ1v) is 8.25. The van der Waals surface area contributed by atoms with Crippen LogP contribution in [0.3, 0.4) is 0 Å². The molecule has 0 N–H and O–H groups in total. The zero-order chi connectivity index (χ0) is 16.8. The number of piperazine rings is 1. The minimum absolute atomic E-state index is 0.276. The monoisotopic (exact) mass is 320 g/mol. The van der Waals surface area contributed by atoms with Crippen LogP contribution in [-0.2, 0) is 11.3 Å². The van der Waals surface area contributed by atoms with Crippen LogP contribution in [0.15, 0.2) is 18.2 Å². The highest BCUT2D eigenvalue weighted by Crippen LogP contribution is 2.31. The molecular weight excluding hydrogens is 292 g/mol. The van der Waals surface area contributed by atoms with E-state index in [0.717, 1.165) is 49.8 Å². The molecule has 23 heavy (non-hydrogen) atoms. The summed E-state index contributed by atoms with van der Waals surface area (Å²) in [6.45, 7) is 8.38. The first kappa shape index (κ1) is 17.6. The molecule has 0 aromatic heterocycles. The van der Waals surface area contributed by atoms with E-state index in [1.54, 1.807) is 14.2 Å². The molecule has 1 aromatic rings. The molecule has 5 nitrogen and oxygen atoms in total. The number of amides is 1. The van der Waals surface area contributed by atoms with Gasteiger partial charge in [0.1, 0.15) is 0 Å². The molecule has 0 spiro atoms. The highest BCUT2D eigenvalue weighted by atomic mass is 16.5. The quantitative estimate of drug-likeness (QED) is 0.807. The second kappa shape index (κ2) is 8.20. The van der Waals surface area contributed by atoms with Crippen LogP contribution in [0.25, 0.3) is 0 Å². The summed E-state index contributed by atoms with van der Waals surface area (Å²) in [6.07, 6.45) is 0.643. The molecule has 0 atom stereocenters. The molecule has 128 valence electrons. The summed E-state index contributed by atoms with van der Waals surface area (Å²) in [7, 11) is 3.32. The van der Waals surface area contributed by atoms with E-state index >= 15 is 0 Å². The van der Waals surface area contributed by atoms with Gasteiger partial charge in [0.2, 0.25) is 5.91 Å². The number of ether oxygens (including phenoxy) is 2. The fraction of sp³-hybridized carbons (Fsp3) is 0.611. The molecule has 1 amide bonds. The van der Waals surface area contributed by atoms with Gasteiger partial charge < -0.3 is 14.4 Å². The van der Waals surface area contributed by atoms with Crippen LogP contribution in [0, 0.1) is 5.92 Å². The fourth-order valence-corrected chi connectivity index (χ4v) is 2.95. The Kier molecular flexibility index (Phi) is 6.28. The maximum absolute atomic E-state index is 12.1. The van der Waals surface area contributed by atoms with Gasteiger partial charge in [-0.1, -0.05) is 26.0 Å². The number of carbonyl (C=O) groups is 1. The predicted molar refractivity (Wildman–Crippen MR) is 90.9 cm³/mol. The second-order valence-corrected chi connectivity index (χ2v) is 6.41. The van der Waals surface area contributed by atoms with Gasteiger partial charge in [-0.3, -0.25) is 9.69 Å². The number of carbonyl (C=O) groups excluding carboxylic acids is 1. The third-order valence-electron chi connectivity index (χ3n) is 4.19. The average Bonchev–Trinajstić information content (AvgIpc) is 2.54. The lowest BCUT2D eigenvalue weighted by Crippen LogP contribution is -2.48. The lowest BCUT2D eigenvalue weighted by atomic mass is 10.1. The Morgan fingerprint density at radius 2 is 1.83 bits per heavy atom. The van der Waals surface area contributed by atoms with Crippen LogP contribution in [0.5, 0.6) is 11.5 Å². The van der Waals surface area contributed by atoms with Gasteiger partial charge in [0, 0.05) is 44.7 Å². The molecule has 1 aliphatic heterocycles. The molecule has 0 aliphatic carbocycles. The third-order valence-corrected chi connectivity index (χ3v) is 4.19. The lowest BCUT2D eigenvalue weighted by Gasteiger charge is -2.35. The average molecular weight is 320 g/mol. The molecule has 0 bridgehead atoms. The topological polar surface area (TPSA) is 42.0 Å². The van der Waals surface area contributed by atoms with Crippen LogP contribution < -0.4 is 9.47 Å². The van der Waals surface area contributed by atoms with Gasteiger partial charge in [0.15, 0.2) is 11.5 Å². The number of hydrogen-bond donors (Lipinski definition) is 0. The first-order chi connectivity index (χ1) is 11.0. The number of methoxy groups -OCH3 is 2. The Morgan fingerprint density at radius 1 is 1.13 bits per heavy atom. The molecule has 0 radical (unpaired) electrons. The number of benzene rings is 1. The van der Waals surface area contributed by atoms with Crippen molar-refractivity contribution in [3.63, 3.8) is 0 Å². The van der Waals surface area contributed by atoms with Crippen molar-refractivity contribution < 1.29 is 14.3 Å². The summed E-state index contributed by atoms with van der Waals surface area (Å²) in [6, 6.07) is 5.96. The van der Waals surface area contributed by atoms with Crippen molar-refractivity contribution in [1.29, 1.82) is 0 Å². The van der Waals surface area contributed by atoms with Crippen molar-refractivity contribution in [3.8, 4) is 11.5 Å². The first-order valence-electron chi connectivity index (χ1n) is 8.25. The molecular formula is C18H28N2O3. The highest BCUT2D eigenvalue weighted by Gasteiger charge is 2.22. The van der Waals surface area contributed by atoms with E-state index in [2.05, 4.69) is 24.8 Å². The Hall–Kier alpha value is -1.75. The summed E-state index contributed by atoms with van der Waals surface area (Å²) in [4.78, 5) is 16.5. The summed E-state index contributed by atoms with van der Waals surface area (Å²) in [5.74, 6) is 2.25. The van der Waals surface area contributed by atoms with Crippen LogP contribution in [-0.4, -0.2) is 56.1 Å². The minimum Gasteiger partial charge on any atom is -0.493 e. The van der Waals surface area contributed by atoms with Crippen molar-refractivity contribution in [2.45, 2.75) is 26.8 Å². The van der Waals surface area contributed by atoms with Crippen LogP contribution in [0.4, 0.5) is 0 Å². The van der Waals surface area contributed by atoms with E-state index in [4.69, 9.17) is 9.47 Å². The van der Waals surface area contributed by atoms with Gasteiger partial charge >= 0.3 is 0 Å². The van der Waals surface area contributed by atoms with Crippen molar-refractivity contribution in [2.75, 3.05) is 40.4 Å². The Balaban J connectivity index is 1.93. The molecule has 1 aliphatic rings. The summed E-state index contributed by atoms with van der Waals surface area (Å²) in [5.41, 5.74) is 1.12. The van der Waals surface area contributed by atoms with Crippen LogP contribution in [0.2, 0.25) is 0 Å². The molecule has 1 heterocycles. The molecule has 1 aromatic carbocycles. The lowest BCUT2D eigenvalue weighted by molar-refractivity contribution is -0.133. The SMILES string of the molecule is COc1cccc(CN2CCN(C(=O)CC(C)C)CC2)c1OC. The van der Waals surface area contributed by atoms with Gasteiger partial charge in [-0.2, -0.15) is 0 Å². The maximum Gasteiger partial charge on any atom is 0.222 e. The predicted octanol–water partition coefficient (Wildman–Crippen LogP) is 2.39. The van der Waals surface area contributed by atoms with Crippen molar-refractivity contribution in [1.82, 2.24) is 9.80 Å². The van der Waals surface area contributed by atoms with E-state index in [9.17, 15) is 4.79 Å². The molecule has 2 rings (SSSR count). The zero-order valence-corrected chi connectivity index (χ0v) is 14.7. The summed E-state index contributed by atoms with van der Waals surface area (Å²) < 4.78 is 10.9. The van der Waals surface area contributed by atoms with Crippen molar-refractivity contribution in [2.24, 2.45) is 5.92 Å². The van der Waals surface area contributed by atoms with E-state index in [-0.39, 0.29) is 5.91 Å². The largest absolute Gasteiger partial charge is 0.493 e. The van der Waals surface area contributed by atoms with Gasteiger partial charge in [0.05, 0.1) is 14.2 Å². The minimum atomic E-state index is 0.276. The number of para-hydroxylation sites is 1. The number of rotatable bonds is 6. The normalized spacial score (nSPS) is 15.8. The smallest absolute Gasteiger partial charge is 0.222 e. The summed E-state index contributed by atoms with van der Waals surface area (Å²) >= 11 is 0. The number of hydrogen-bond acceptors (Lipinski definition) is 4. The Labute approximate surface area is 139 Å². The molecule has 1 saturated heterocycles.